The van der Waals surface area contributed by atoms with Crippen molar-refractivity contribution in [2.45, 2.75) is 41.0 Å². The van der Waals surface area contributed by atoms with Crippen LogP contribution in [0, 0.1) is 17.3 Å². The minimum absolute atomic E-state index is 0.136. The topological polar surface area (TPSA) is 17.1 Å². The minimum Gasteiger partial charge on any atom is -0.295 e. The van der Waals surface area contributed by atoms with Gasteiger partial charge in [0.1, 0.15) is 0 Å². The van der Waals surface area contributed by atoms with E-state index >= 15 is 0 Å². The normalized spacial score (nSPS) is 30.3. The summed E-state index contributed by atoms with van der Waals surface area (Å²) < 4.78 is 0. The van der Waals surface area contributed by atoms with E-state index in [0.29, 0.717) is 11.8 Å². The lowest BCUT2D eigenvalue weighted by Crippen LogP contribution is -2.33. The van der Waals surface area contributed by atoms with Crippen molar-refractivity contribution in [1.82, 2.24) is 0 Å². The van der Waals surface area contributed by atoms with Gasteiger partial charge in [0.25, 0.3) is 0 Å². The van der Waals surface area contributed by atoms with Crippen LogP contribution in [0.15, 0.2) is 23.8 Å². The summed E-state index contributed by atoms with van der Waals surface area (Å²) in [5.41, 5.74) is 1.65. The number of carbonyl (C=O) groups excluding carboxylic acids is 1. The molecule has 1 heteroatoms. The Labute approximate surface area is 93.3 Å². The predicted octanol–water partition coefficient (Wildman–Crippen LogP) is 3.76. The molecule has 0 spiro atoms. The van der Waals surface area contributed by atoms with Gasteiger partial charge in [0, 0.05) is 5.92 Å². The second-order valence-electron chi connectivity index (χ2n) is 5.35. The molecule has 0 aliphatic heterocycles. The van der Waals surface area contributed by atoms with Gasteiger partial charge in [-0.05, 0) is 37.7 Å². The van der Waals surface area contributed by atoms with Crippen molar-refractivity contribution < 1.29 is 4.79 Å². The molecule has 0 saturated carbocycles. The Bertz CT molecular complexity index is 307. The first-order valence-corrected chi connectivity index (χ1v) is 5.71. The highest BCUT2D eigenvalue weighted by Gasteiger charge is 2.36. The molecule has 1 rings (SSSR count). The van der Waals surface area contributed by atoms with Crippen molar-refractivity contribution in [3.05, 3.63) is 23.8 Å². The first-order valence-electron chi connectivity index (χ1n) is 5.71. The molecule has 0 aromatic carbocycles. The minimum atomic E-state index is 0.136. The first kappa shape index (κ1) is 12.2. The molecule has 0 fully saturated rings. The molecule has 1 nitrogen and oxygen atoms in total. The third kappa shape index (κ3) is 2.58. The van der Waals surface area contributed by atoms with Crippen LogP contribution in [0.25, 0.3) is 0 Å². The summed E-state index contributed by atoms with van der Waals surface area (Å²) in [4.78, 5) is 11.0. The van der Waals surface area contributed by atoms with Crippen LogP contribution in [-0.2, 0) is 4.79 Å². The Morgan fingerprint density at radius 2 is 2.13 bits per heavy atom. The molecule has 0 unspecified atom stereocenters. The lowest BCUT2D eigenvalue weighted by Gasteiger charge is -2.42. The van der Waals surface area contributed by atoms with Crippen molar-refractivity contribution in [1.29, 1.82) is 0 Å². The fourth-order valence-electron chi connectivity index (χ4n) is 2.32. The highest BCUT2D eigenvalue weighted by Crippen LogP contribution is 2.45. The number of hydrogen-bond donors (Lipinski definition) is 0. The van der Waals surface area contributed by atoms with E-state index in [1.165, 1.54) is 5.57 Å². The highest BCUT2D eigenvalue weighted by molar-refractivity contribution is 5.87. The van der Waals surface area contributed by atoms with Crippen LogP contribution in [0.1, 0.15) is 41.0 Å². The third-order valence-electron chi connectivity index (χ3n) is 3.88. The molecule has 0 N–H and O–H groups in total. The van der Waals surface area contributed by atoms with Crippen LogP contribution in [0.5, 0.6) is 0 Å². The van der Waals surface area contributed by atoms with Gasteiger partial charge in [-0.3, -0.25) is 4.79 Å². The highest BCUT2D eigenvalue weighted by atomic mass is 16.1. The molecule has 0 aromatic rings. The van der Waals surface area contributed by atoms with Crippen molar-refractivity contribution >= 4 is 5.78 Å². The SMILES string of the molecule is CC(=O)/C=C/[C@H]1C(C)=CC[C@H](C)C1(C)C. The van der Waals surface area contributed by atoms with E-state index in [9.17, 15) is 4.79 Å². The summed E-state index contributed by atoms with van der Waals surface area (Å²) in [6.07, 6.45) is 7.25. The standard InChI is InChI=1S/C14H22O/c1-10-6-7-11(2)14(4,5)13(10)9-8-12(3)15/h6,8-9,11,13H,7H2,1-5H3/b9-8+/t11-,13-/m0/s1. The summed E-state index contributed by atoms with van der Waals surface area (Å²) in [5, 5.41) is 0. The molecule has 0 heterocycles. The summed E-state index contributed by atoms with van der Waals surface area (Å²) in [6.45, 7) is 10.7. The van der Waals surface area contributed by atoms with Crippen LogP contribution < -0.4 is 0 Å². The number of hydrogen-bond acceptors (Lipinski definition) is 1. The summed E-state index contributed by atoms with van der Waals surface area (Å²) >= 11 is 0. The zero-order valence-corrected chi connectivity index (χ0v) is 10.5. The molecule has 2 atom stereocenters. The zero-order valence-electron chi connectivity index (χ0n) is 10.5. The van der Waals surface area contributed by atoms with E-state index in [-0.39, 0.29) is 11.2 Å². The maximum absolute atomic E-state index is 11.0. The molecular formula is C14H22O. The van der Waals surface area contributed by atoms with Crippen LogP contribution in [-0.4, -0.2) is 5.78 Å². The molecule has 0 radical (unpaired) electrons. The van der Waals surface area contributed by atoms with Crippen LogP contribution >= 0.6 is 0 Å². The van der Waals surface area contributed by atoms with E-state index in [1.807, 2.05) is 0 Å². The zero-order chi connectivity index (χ0) is 11.6. The predicted molar refractivity (Wildman–Crippen MR) is 64.6 cm³/mol. The summed E-state index contributed by atoms with van der Waals surface area (Å²) in [7, 11) is 0. The fourth-order valence-corrected chi connectivity index (χ4v) is 2.32. The van der Waals surface area contributed by atoms with Crippen LogP contribution in [0.3, 0.4) is 0 Å². The Hall–Kier alpha value is -0.850. The van der Waals surface area contributed by atoms with Crippen molar-refractivity contribution in [3.63, 3.8) is 0 Å². The van der Waals surface area contributed by atoms with E-state index in [2.05, 4.69) is 39.8 Å². The third-order valence-corrected chi connectivity index (χ3v) is 3.88. The number of rotatable bonds is 2. The molecule has 0 bridgehead atoms. The van der Waals surface area contributed by atoms with Gasteiger partial charge in [-0.2, -0.15) is 0 Å². The molecular weight excluding hydrogens is 184 g/mol. The van der Waals surface area contributed by atoms with Crippen molar-refractivity contribution in [2.24, 2.45) is 17.3 Å². The Balaban J connectivity index is 2.96. The van der Waals surface area contributed by atoms with E-state index < -0.39 is 0 Å². The van der Waals surface area contributed by atoms with Crippen LogP contribution in [0.4, 0.5) is 0 Å². The maximum Gasteiger partial charge on any atom is 0.152 e. The molecule has 1 aliphatic rings. The largest absolute Gasteiger partial charge is 0.295 e. The van der Waals surface area contributed by atoms with Crippen molar-refractivity contribution in [3.8, 4) is 0 Å². The number of allylic oxidation sites excluding steroid dienone is 4. The van der Waals surface area contributed by atoms with E-state index in [0.717, 1.165) is 6.42 Å². The molecule has 0 saturated heterocycles. The van der Waals surface area contributed by atoms with Gasteiger partial charge in [-0.15, -0.1) is 0 Å². The second-order valence-corrected chi connectivity index (χ2v) is 5.35. The molecule has 1 aliphatic carbocycles. The van der Waals surface area contributed by atoms with Gasteiger partial charge in [0.15, 0.2) is 5.78 Å². The average molecular weight is 206 g/mol. The summed E-state index contributed by atoms with van der Waals surface area (Å²) in [6, 6.07) is 0. The van der Waals surface area contributed by atoms with Gasteiger partial charge in [-0.25, -0.2) is 0 Å². The maximum atomic E-state index is 11.0. The van der Waals surface area contributed by atoms with Gasteiger partial charge in [-0.1, -0.05) is 38.5 Å². The Morgan fingerprint density at radius 3 is 2.67 bits per heavy atom. The second kappa shape index (κ2) is 4.34. The van der Waals surface area contributed by atoms with Gasteiger partial charge in [0.05, 0.1) is 0 Å². The average Bonchev–Trinajstić information content (AvgIpc) is 2.11. The van der Waals surface area contributed by atoms with Crippen molar-refractivity contribution in [2.75, 3.05) is 0 Å². The Kier molecular flexibility index (Phi) is 3.54. The first-order chi connectivity index (χ1) is 6.85. The number of carbonyl (C=O) groups is 1. The number of ketones is 1. The van der Waals surface area contributed by atoms with Crippen LogP contribution in [0.2, 0.25) is 0 Å². The molecule has 15 heavy (non-hydrogen) atoms. The van der Waals surface area contributed by atoms with Gasteiger partial charge < -0.3 is 0 Å². The van der Waals surface area contributed by atoms with E-state index in [1.54, 1.807) is 13.0 Å². The quantitative estimate of drug-likeness (QED) is 0.496. The lowest BCUT2D eigenvalue weighted by atomic mass is 9.63. The lowest BCUT2D eigenvalue weighted by molar-refractivity contribution is -0.112. The molecule has 84 valence electrons. The fraction of sp³-hybridized carbons (Fsp3) is 0.643. The van der Waals surface area contributed by atoms with Gasteiger partial charge in [0.2, 0.25) is 0 Å². The van der Waals surface area contributed by atoms with Gasteiger partial charge >= 0.3 is 0 Å². The molecule has 0 amide bonds. The van der Waals surface area contributed by atoms with E-state index in [4.69, 9.17) is 0 Å². The molecule has 0 aromatic heterocycles. The monoisotopic (exact) mass is 206 g/mol. The smallest absolute Gasteiger partial charge is 0.152 e. The summed E-state index contributed by atoms with van der Waals surface area (Å²) in [5.74, 6) is 1.21. The Morgan fingerprint density at radius 1 is 1.53 bits per heavy atom.